The van der Waals surface area contributed by atoms with Gasteiger partial charge in [-0.25, -0.2) is 0 Å². The van der Waals surface area contributed by atoms with E-state index < -0.39 is 11.8 Å². The van der Waals surface area contributed by atoms with Crippen LogP contribution in [0.2, 0.25) is 0 Å². The van der Waals surface area contributed by atoms with Crippen LogP contribution in [0.15, 0.2) is 6.20 Å². The van der Waals surface area contributed by atoms with Gasteiger partial charge in [0.25, 0.3) is 0 Å². The van der Waals surface area contributed by atoms with Gasteiger partial charge in [-0.1, -0.05) is 0 Å². The predicted octanol–water partition coefficient (Wildman–Crippen LogP) is -0.267. The number of hydrogen-bond acceptors (Lipinski definition) is 3. The molecule has 1 aliphatic rings. The van der Waals surface area contributed by atoms with Crippen LogP contribution in [-0.4, -0.2) is 33.5 Å². The second-order valence-electron chi connectivity index (χ2n) is 4.47. The standard InChI is InChI=1S/C11H16N4O2/c1-6-8(5-13-15(6)3)10-7(11(12)17)4-9(16)14(10)2/h5,7,10H,4H2,1-3H3,(H2,12,17)/t7-,10+/m1/s1. The van der Waals surface area contributed by atoms with E-state index in [0.717, 1.165) is 11.3 Å². The van der Waals surface area contributed by atoms with Gasteiger partial charge in [-0.05, 0) is 6.92 Å². The predicted molar refractivity (Wildman–Crippen MR) is 60.8 cm³/mol. The van der Waals surface area contributed by atoms with Crippen LogP contribution >= 0.6 is 0 Å². The van der Waals surface area contributed by atoms with Crippen LogP contribution < -0.4 is 5.73 Å². The second kappa shape index (κ2) is 3.87. The summed E-state index contributed by atoms with van der Waals surface area (Å²) in [7, 11) is 3.53. The molecule has 0 aliphatic carbocycles. The van der Waals surface area contributed by atoms with E-state index in [0.29, 0.717) is 0 Å². The summed E-state index contributed by atoms with van der Waals surface area (Å²) in [5.41, 5.74) is 7.20. The minimum atomic E-state index is -0.463. The average molecular weight is 236 g/mol. The van der Waals surface area contributed by atoms with Crippen molar-refractivity contribution in [2.24, 2.45) is 18.7 Å². The highest BCUT2D eigenvalue weighted by Gasteiger charge is 2.42. The molecule has 0 radical (unpaired) electrons. The maximum atomic E-state index is 11.7. The monoisotopic (exact) mass is 236 g/mol. The van der Waals surface area contributed by atoms with Crippen LogP contribution in [0.25, 0.3) is 0 Å². The van der Waals surface area contributed by atoms with E-state index in [1.165, 1.54) is 0 Å². The highest BCUT2D eigenvalue weighted by Crippen LogP contribution is 2.37. The maximum absolute atomic E-state index is 11.7. The third-order valence-corrected chi connectivity index (χ3v) is 3.54. The molecular formula is C11H16N4O2. The summed E-state index contributed by atoms with van der Waals surface area (Å²) in [6.45, 7) is 1.91. The SMILES string of the molecule is Cc1c([C@@H]2[C@H](C(N)=O)CC(=O)N2C)cnn1C. The first-order valence-corrected chi connectivity index (χ1v) is 5.47. The van der Waals surface area contributed by atoms with Gasteiger partial charge in [-0.3, -0.25) is 14.3 Å². The topological polar surface area (TPSA) is 81.2 Å². The number of carbonyl (C=O) groups excluding carboxylic acids is 2. The zero-order chi connectivity index (χ0) is 12.7. The zero-order valence-corrected chi connectivity index (χ0v) is 10.2. The van der Waals surface area contributed by atoms with Gasteiger partial charge in [0, 0.05) is 31.8 Å². The Bertz CT molecular complexity index is 480. The van der Waals surface area contributed by atoms with Crippen molar-refractivity contribution in [2.75, 3.05) is 7.05 Å². The minimum absolute atomic E-state index is 0.0537. The molecule has 2 rings (SSSR count). The van der Waals surface area contributed by atoms with Gasteiger partial charge in [0.2, 0.25) is 11.8 Å². The normalized spacial score (nSPS) is 24.4. The van der Waals surface area contributed by atoms with Gasteiger partial charge in [0.15, 0.2) is 0 Å². The first-order valence-electron chi connectivity index (χ1n) is 5.47. The van der Waals surface area contributed by atoms with Crippen molar-refractivity contribution in [1.29, 1.82) is 0 Å². The Morgan fingerprint density at radius 1 is 1.53 bits per heavy atom. The first-order chi connectivity index (χ1) is 7.93. The van der Waals surface area contributed by atoms with Crippen LogP contribution in [0.1, 0.15) is 23.7 Å². The molecule has 0 unspecified atom stereocenters. The van der Waals surface area contributed by atoms with E-state index in [-0.39, 0.29) is 18.4 Å². The Morgan fingerprint density at radius 2 is 2.18 bits per heavy atom. The van der Waals surface area contributed by atoms with Crippen molar-refractivity contribution in [3.63, 3.8) is 0 Å². The Morgan fingerprint density at radius 3 is 2.65 bits per heavy atom. The Balaban J connectivity index is 2.44. The van der Waals surface area contributed by atoms with Crippen molar-refractivity contribution < 1.29 is 9.59 Å². The van der Waals surface area contributed by atoms with Gasteiger partial charge in [-0.2, -0.15) is 5.10 Å². The number of hydrogen-bond donors (Lipinski definition) is 1. The second-order valence-corrected chi connectivity index (χ2v) is 4.47. The smallest absolute Gasteiger partial charge is 0.223 e. The molecule has 2 heterocycles. The van der Waals surface area contributed by atoms with Crippen molar-refractivity contribution in [1.82, 2.24) is 14.7 Å². The van der Waals surface area contributed by atoms with E-state index in [4.69, 9.17) is 5.73 Å². The molecule has 2 N–H and O–H groups in total. The van der Waals surface area contributed by atoms with E-state index in [2.05, 4.69) is 5.10 Å². The number of aryl methyl sites for hydroxylation is 1. The van der Waals surface area contributed by atoms with Crippen molar-refractivity contribution in [3.8, 4) is 0 Å². The molecule has 92 valence electrons. The number of aromatic nitrogens is 2. The molecule has 1 aromatic heterocycles. The first kappa shape index (κ1) is 11.6. The third-order valence-electron chi connectivity index (χ3n) is 3.54. The minimum Gasteiger partial charge on any atom is -0.369 e. The van der Waals surface area contributed by atoms with Gasteiger partial charge < -0.3 is 10.6 Å². The summed E-state index contributed by atoms with van der Waals surface area (Å²) in [6.07, 6.45) is 1.88. The van der Waals surface area contributed by atoms with Gasteiger partial charge in [0.1, 0.15) is 0 Å². The van der Waals surface area contributed by atoms with E-state index in [9.17, 15) is 9.59 Å². The molecule has 0 spiro atoms. The Kier molecular flexibility index (Phi) is 2.65. The number of amides is 2. The van der Waals surface area contributed by atoms with Crippen LogP contribution in [0.4, 0.5) is 0 Å². The van der Waals surface area contributed by atoms with Crippen LogP contribution in [0, 0.1) is 12.8 Å². The van der Waals surface area contributed by atoms with Gasteiger partial charge >= 0.3 is 0 Å². The summed E-state index contributed by atoms with van der Waals surface area (Å²) in [4.78, 5) is 24.7. The van der Waals surface area contributed by atoms with Crippen LogP contribution in [0.3, 0.4) is 0 Å². The average Bonchev–Trinajstić information content (AvgIpc) is 2.73. The maximum Gasteiger partial charge on any atom is 0.223 e. The van der Waals surface area contributed by atoms with Crippen molar-refractivity contribution in [3.05, 3.63) is 17.5 Å². The molecule has 0 bridgehead atoms. The molecule has 6 nitrogen and oxygen atoms in total. The summed E-state index contributed by atoms with van der Waals surface area (Å²) >= 11 is 0. The quantitative estimate of drug-likeness (QED) is 0.767. The number of nitrogens with two attached hydrogens (primary N) is 1. The van der Waals surface area contributed by atoms with E-state index >= 15 is 0 Å². The lowest BCUT2D eigenvalue weighted by Gasteiger charge is -2.23. The largest absolute Gasteiger partial charge is 0.369 e. The zero-order valence-electron chi connectivity index (χ0n) is 10.2. The van der Waals surface area contributed by atoms with Crippen molar-refractivity contribution in [2.45, 2.75) is 19.4 Å². The summed E-state index contributed by atoms with van der Waals surface area (Å²) < 4.78 is 1.73. The molecule has 0 aromatic carbocycles. The number of nitrogens with zero attached hydrogens (tertiary/aromatic N) is 3. The molecular weight excluding hydrogens is 220 g/mol. The Labute approximate surface area is 99.4 Å². The lowest BCUT2D eigenvalue weighted by molar-refractivity contribution is -0.128. The van der Waals surface area contributed by atoms with E-state index in [1.807, 2.05) is 14.0 Å². The molecule has 0 saturated carbocycles. The lowest BCUT2D eigenvalue weighted by Crippen LogP contribution is -2.30. The molecule has 1 aliphatic heterocycles. The fraction of sp³-hybridized carbons (Fsp3) is 0.545. The van der Waals surface area contributed by atoms with Crippen molar-refractivity contribution >= 4 is 11.8 Å². The molecule has 2 amide bonds. The number of carbonyl (C=O) groups is 2. The molecule has 1 saturated heterocycles. The number of likely N-dealkylation sites (tertiary alicyclic amines) is 1. The molecule has 2 atom stereocenters. The Hall–Kier alpha value is -1.85. The molecule has 17 heavy (non-hydrogen) atoms. The summed E-state index contributed by atoms with van der Waals surface area (Å²) in [6, 6.07) is -0.284. The molecule has 6 heteroatoms. The highest BCUT2D eigenvalue weighted by atomic mass is 16.2. The van der Waals surface area contributed by atoms with E-state index in [1.54, 1.807) is 22.8 Å². The molecule has 1 fully saturated rings. The highest BCUT2D eigenvalue weighted by molar-refractivity contribution is 5.89. The summed E-state index contributed by atoms with van der Waals surface area (Å²) in [5, 5.41) is 4.14. The number of rotatable bonds is 2. The van der Waals surface area contributed by atoms with Gasteiger partial charge in [0.05, 0.1) is 18.2 Å². The van der Waals surface area contributed by atoms with Gasteiger partial charge in [-0.15, -0.1) is 0 Å². The third kappa shape index (κ3) is 1.69. The number of primary amides is 1. The fourth-order valence-electron chi connectivity index (χ4n) is 2.36. The fourth-order valence-corrected chi connectivity index (χ4v) is 2.36. The lowest BCUT2D eigenvalue weighted by atomic mass is 9.93. The van der Waals surface area contributed by atoms with Crippen LogP contribution in [0.5, 0.6) is 0 Å². The van der Waals surface area contributed by atoms with Crippen LogP contribution in [-0.2, 0) is 16.6 Å². The summed E-state index contributed by atoms with van der Waals surface area (Å²) in [5.74, 6) is -0.951. The molecule has 1 aromatic rings.